The monoisotopic (exact) mass is 355 g/mol. The number of ether oxygens (including phenoxy) is 1. The molecule has 0 amide bonds. The summed E-state index contributed by atoms with van der Waals surface area (Å²) in [6.07, 6.45) is 0. The van der Waals surface area contributed by atoms with Crippen LogP contribution in [0.25, 0.3) is 22.3 Å². The summed E-state index contributed by atoms with van der Waals surface area (Å²) in [5, 5.41) is 0. The maximum atomic E-state index is 14.6. The Morgan fingerprint density at radius 1 is 0.880 bits per heavy atom. The second kappa shape index (κ2) is 5.89. The van der Waals surface area contributed by atoms with Gasteiger partial charge >= 0.3 is 0 Å². The van der Waals surface area contributed by atoms with Crippen LogP contribution >= 0.6 is 0 Å². The molecule has 4 rings (SSSR count). The lowest BCUT2D eigenvalue weighted by Gasteiger charge is -2.22. The summed E-state index contributed by atoms with van der Waals surface area (Å²) >= 11 is 0. The van der Waals surface area contributed by atoms with E-state index >= 15 is 0 Å². The fraction of sp³-hybridized carbons (Fsp3) is 0.0526. The van der Waals surface area contributed by atoms with Gasteiger partial charge in [-0.15, -0.1) is 0 Å². The minimum atomic E-state index is -3.55. The topological polar surface area (TPSA) is 55.4 Å². The van der Waals surface area contributed by atoms with Crippen LogP contribution in [-0.2, 0) is 10.0 Å². The maximum absolute atomic E-state index is 14.6. The molecule has 3 aromatic carbocycles. The van der Waals surface area contributed by atoms with Gasteiger partial charge in [0.1, 0.15) is 11.6 Å². The van der Waals surface area contributed by atoms with E-state index in [1.54, 1.807) is 30.3 Å². The van der Waals surface area contributed by atoms with Gasteiger partial charge in [0.05, 0.1) is 5.69 Å². The van der Waals surface area contributed by atoms with Crippen molar-refractivity contribution < 1.29 is 17.5 Å². The van der Waals surface area contributed by atoms with Gasteiger partial charge in [0.2, 0.25) is 5.94 Å². The van der Waals surface area contributed by atoms with Gasteiger partial charge in [0, 0.05) is 11.1 Å². The average Bonchev–Trinajstić information content (AvgIpc) is 2.61. The molecule has 1 N–H and O–H groups in total. The molecule has 0 fully saturated rings. The van der Waals surface area contributed by atoms with Gasteiger partial charge in [-0.3, -0.25) is 4.72 Å². The Balaban J connectivity index is 1.81. The molecule has 0 saturated heterocycles. The fourth-order valence-electron chi connectivity index (χ4n) is 2.86. The number of anilines is 1. The first-order valence-electron chi connectivity index (χ1n) is 7.65. The summed E-state index contributed by atoms with van der Waals surface area (Å²) < 4.78 is 46.0. The molecular weight excluding hydrogens is 341 g/mol. The molecule has 25 heavy (non-hydrogen) atoms. The van der Waals surface area contributed by atoms with Crippen molar-refractivity contribution in [3.63, 3.8) is 0 Å². The van der Waals surface area contributed by atoms with Gasteiger partial charge in [-0.05, 0) is 23.3 Å². The van der Waals surface area contributed by atoms with E-state index in [1.807, 2.05) is 30.3 Å². The molecule has 0 spiro atoms. The Morgan fingerprint density at radius 2 is 1.68 bits per heavy atom. The van der Waals surface area contributed by atoms with Gasteiger partial charge < -0.3 is 4.74 Å². The molecule has 0 bridgehead atoms. The zero-order chi connectivity index (χ0) is 17.4. The molecule has 6 heteroatoms. The van der Waals surface area contributed by atoms with Gasteiger partial charge in [0.15, 0.2) is 0 Å². The van der Waals surface area contributed by atoms with Crippen molar-refractivity contribution in [3.8, 4) is 28.0 Å². The van der Waals surface area contributed by atoms with Gasteiger partial charge in [-0.2, -0.15) is 0 Å². The SMILES string of the molecule is O=S1(=O)COc2cccc(-c3ccc(-c4ccccc4)c(F)c3)c2N1. The minimum Gasteiger partial charge on any atom is -0.474 e. The summed E-state index contributed by atoms with van der Waals surface area (Å²) in [5.41, 5.74) is 2.75. The van der Waals surface area contributed by atoms with Crippen molar-refractivity contribution in [2.75, 3.05) is 10.7 Å². The highest BCUT2D eigenvalue weighted by Gasteiger charge is 2.24. The summed E-state index contributed by atoms with van der Waals surface area (Å²) in [4.78, 5) is 0. The van der Waals surface area contributed by atoms with Crippen LogP contribution in [0.4, 0.5) is 10.1 Å². The number of para-hydroxylation sites is 1. The number of hydrogen-bond donors (Lipinski definition) is 1. The van der Waals surface area contributed by atoms with Crippen molar-refractivity contribution in [3.05, 3.63) is 72.5 Å². The fourth-order valence-corrected chi connectivity index (χ4v) is 3.72. The molecule has 0 atom stereocenters. The summed E-state index contributed by atoms with van der Waals surface area (Å²) in [5.74, 6) is -0.370. The van der Waals surface area contributed by atoms with Gasteiger partial charge in [-0.25, -0.2) is 12.8 Å². The molecule has 126 valence electrons. The van der Waals surface area contributed by atoms with E-state index in [2.05, 4.69) is 4.72 Å². The highest BCUT2D eigenvalue weighted by atomic mass is 32.2. The average molecular weight is 355 g/mol. The molecule has 0 aromatic heterocycles. The third-order valence-corrected chi connectivity index (χ3v) is 4.96. The molecule has 1 aliphatic heterocycles. The second-order valence-electron chi connectivity index (χ2n) is 5.72. The van der Waals surface area contributed by atoms with Crippen LogP contribution in [0.3, 0.4) is 0 Å². The molecule has 0 unspecified atom stereocenters. The van der Waals surface area contributed by atoms with E-state index < -0.39 is 16.0 Å². The van der Waals surface area contributed by atoms with Crippen LogP contribution in [0.1, 0.15) is 0 Å². The van der Waals surface area contributed by atoms with Crippen LogP contribution in [0.2, 0.25) is 0 Å². The standard InChI is InChI=1S/C19H14FNO3S/c20-17-11-14(9-10-15(17)13-5-2-1-3-6-13)16-7-4-8-18-19(16)21-25(22,23)12-24-18/h1-11,21H,12H2. The third kappa shape index (κ3) is 2.96. The van der Waals surface area contributed by atoms with Crippen molar-refractivity contribution in [2.45, 2.75) is 0 Å². The number of nitrogens with one attached hydrogen (secondary N) is 1. The Morgan fingerprint density at radius 3 is 2.44 bits per heavy atom. The van der Waals surface area contributed by atoms with Crippen molar-refractivity contribution in [1.29, 1.82) is 0 Å². The number of hydrogen-bond acceptors (Lipinski definition) is 3. The molecule has 0 radical (unpaired) electrons. The Hall–Kier alpha value is -2.86. The predicted octanol–water partition coefficient (Wildman–Crippen LogP) is 4.25. The van der Waals surface area contributed by atoms with E-state index in [0.29, 0.717) is 28.1 Å². The molecule has 3 aromatic rings. The lowest BCUT2D eigenvalue weighted by Crippen LogP contribution is -2.25. The highest BCUT2D eigenvalue weighted by molar-refractivity contribution is 7.92. The molecule has 0 saturated carbocycles. The lowest BCUT2D eigenvalue weighted by atomic mass is 9.98. The highest BCUT2D eigenvalue weighted by Crippen LogP contribution is 2.39. The largest absolute Gasteiger partial charge is 0.474 e. The number of halogens is 1. The van der Waals surface area contributed by atoms with E-state index in [4.69, 9.17) is 4.74 Å². The second-order valence-corrected chi connectivity index (χ2v) is 7.39. The first-order valence-corrected chi connectivity index (χ1v) is 9.30. The summed E-state index contributed by atoms with van der Waals surface area (Å²) in [6.45, 7) is 0. The first-order chi connectivity index (χ1) is 12.0. The maximum Gasteiger partial charge on any atom is 0.268 e. The summed E-state index contributed by atoms with van der Waals surface area (Å²) in [6, 6.07) is 19.3. The Labute approximate surface area is 144 Å². The smallest absolute Gasteiger partial charge is 0.268 e. The molecular formula is C19H14FNO3S. The number of rotatable bonds is 2. The number of benzene rings is 3. The molecule has 4 nitrogen and oxygen atoms in total. The normalized spacial score (nSPS) is 14.9. The van der Waals surface area contributed by atoms with E-state index in [-0.39, 0.29) is 5.82 Å². The number of sulfonamides is 1. The van der Waals surface area contributed by atoms with E-state index in [9.17, 15) is 12.8 Å². The van der Waals surface area contributed by atoms with Crippen LogP contribution in [-0.4, -0.2) is 14.4 Å². The van der Waals surface area contributed by atoms with Crippen LogP contribution < -0.4 is 9.46 Å². The Bertz CT molecular complexity index is 1050. The van der Waals surface area contributed by atoms with Crippen LogP contribution in [0.5, 0.6) is 5.75 Å². The zero-order valence-corrected chi connectivity index (χ0v) is 13.9. The van der Waals surface area contributed by atoms with Crippen molar-refractivity contribution in [2.24, 2.45) is 0 Å². The van der Waals surface area contributed by atoms with Gasteiger partial charge in [-0.1, -0.05) is 54.6 Å². The third-order valence-electron chi connectivity index (χ3n) is 4.02. The van der Waals surface area contributed by atoms with Crippen LogP contribution in [0, 0.1) is 5.82 Å². The van der Waals surface area contributed by atoms with Crippen molar-refractivity contribution >= 4 is 15.7 Å². The lowest BCUT2D eigenvalue weighted by molar-refractivity contribution is 0.374. The number of fused-ring (bicyclic) bond motifs is 1. The summed E-state index contributed by atoms with van der Waals surface area (Å²) in [7, 11) is -3.55. The molecule has 1 aliphatic rings. The van der Waals surface area contributed by atoms with Gasteiger partial charge in [0.25, 0.3) is 10.0 Å². The van der Waals surface area contributed by atoms with E-state index in [1.165, 1.54) is 6.07 Å². The first kappa shape index (κ1) is 15.7. The minimum absolute atomic E-state index is 0.334. The van der Waals surface area contributed by atoms with E-state index in [0.717, 1.165) is 5.56 Å². The predicted molar refractivity (Wildman–Crippen MR) is 95.3 cm³/mol. The quantitative estimate of drug-likeness (QED) is 0.748. The molecule has 0 aliphatic carbocycles. The molecule has 1 heterocycles. The van der Waals surface area contributed by atoms with Crippen LogP contribution in [0.15, 0.2) is 66.7 Å². The zero-order valence-electron chi connectivity index (χ0n) is 13.1. The Kier molecular flexibility index (Phi) is 3.69. The van der Waals surface area contributed by atoms with Crippen molar-refractivity contribution in [1.82, 2.24) is 0 Å².